The van der Waals surface area contributed by atoms with E-state index in [1.807, 2.05) is 0 Å². The molecule has 0 fully saturated rings. The van der Waals surface area contributed by atoms with Gasteiger partial charge in [-0.2, -0.15) is 4.98 Å². The molecule has 64 valence electrons. The van der Waals surface area contributed by atoms with E-state index < -0.39 is 6.17 Å². The van der Waals surface area contributed by atoms with Crippen molar-refractivity contribution in [3.63, 3.8) is 0 Å². The van der Waals surface area contributed by atoms with E-state index >= 15 is 0 Å². The Hall–Kier alpha value is -1.19. The van der Waals surface area contributed by atoms with Gasteiger partial charge in [-0.25, -0.2) is 9.37 Å². The van der Waals surface area contributed by atoms with Gasteiger partial charge in [-0.3, -0.25) is 0 Å². The highest BCUT2D eigenvalue weighted by molar-refractivity contribution is 5.35. The van der Waals surface area contributed by atoms with Gasteiger partial charge in [-0.15, -0.1) is 0 Å². The molecule has 2 heterocycles. The molecule has 1 unspecified atom stereocenters. The van der Waals surface area contributed by atoms with Gasteiger partial charge in [0.2, 0.25) is 5.88 Å². The first-order chi connectivity index (χ1) is 5.68. The van der Waals surface area contributed by atoms with Crippen LogP contribution in [0.4, 0.5) is 4.39 Å². The first kappa shape index (κ1) is 7.46. The van der Waals surface area contributed by atoms with Gasteiger partial charge >= 0.3 is 0 Å². The Morgan fingerprint density at radius 3 is 2.92 bits per heavy atom. The number of fused-ring (bicyclic) bond motifs is 1. The van der Waals surface area contributed by atoms with Gasteiger partial charge in [-0.05, 0) is 13.8 Å². The summed E-state index contributed by atoms with van der Waals surface area (Å²) in [4.78, 5) is 8.06. The van der Waals surface area contributed by atoms with E-state index in [1.54, 1.807) is 13.8 Å². The normalized spacial score (nSPS) is 20.4. The Morgan fingerprint density at radius 1 is 1.42 bits per heavy atom. The smallest absolute Gasteiger partial charge is 0.223 e. The zero-order chi connectivity index (χ0) is 8.72. The van der Waals surface area contributed by atoms with E-state index in [0.29, 0.717) is 23.0 Å². The number of alkyl halides is 1. The molecule has 0 aliphatic carbocycles. The third-order valence-electron chi connectivity index (χ3n) is 1.89. The first-order valence-electron chi connectivity index (χ1n) is 3.80. The summed E-state index contributed by atoms with van der Waals surface area (Å²) >= 11 is 0. The fourth-order valence-corrected chi connectivity index (χ4v) is 1.40. The molecule has 4 heteroatoms. The molecule has 0 aromatic carbocycles. The highest BCUT2D eigenvalue weighted by Crippen LogP contribution is 2.34. The second kappa shape index (κ2) is 2.40. The van der Waals surface area contributed by atoms with Gasteiger partial charge < -0.3 is 4.74 Å². The van der Waals surface area contributed by atoms with Crippen molar-refractivity contribution in [3.05, 3.63) is 17.1 Å². The minimum Gasteiger partial charge on any atom is -0.474 e. The fourth-order valence-electron chi connectivity index (χ4n) is 1.40. The summed E-state index contributed by atoms with van der Waals surface area (Å²) in [7, 11) is 0. The van der Waals surface area contributed by atoms with Crippen molar-refractivity contribution < 1.29 is 9.13 Å². The van der Waals surface area contributed by atoms with Crippen LogP contribution >= 0.6 is 0 Å². The van der Waals surface area contributed by atoms with Crippen molar-refractivity contribution in [3.8, 4) is 5.88 Å². The minimum atomic E-state index is -1.06. The number of rotatable bonds is 0. The highest BCUT2D eigenvalue weighted by Gasteiger charge is 2.27. The third kappa shape index (κ3) is 0.948. The second-order valence-electron chi connectivity index (χ2n) is 2.85. The zero-order valence-electron chi connectivity index (χ0n) is 6.97. The quantitative estimate of drug-likeness (QED) is 0.588. The number of hydrogen-bond acceptors (Lipinski definition) is 3. The maximum Gasteiger partial charge on any atom is 0.223 e. The number of halogens is 1. The van der Waals surface area contributed by atoms with Crippen LogP contribution in [-0.4, -0.2) is 16.6 Å². The lowest BCUT2D eigenvalue weighted by Gasteiger charge is -2.02. The molecule has 3 nitrogen and oxygen atoms in total. The van der Waals surface area contributed by atoms with Crippen LogP contribution in [0.15, 0.2) is 0 Å². The summed E-state index contributed by atoms with van der Waals surface area (Å²) in [6, 6.07) is 0. The van der Waals surface area contributed by atoms with Crippen LogP contribution in [0.3, 0.4) is 0 Å². The average molecular weight is 168 g/mol. The average Bonchev–Trinajstić information content (AvgIpc) is 2.31. The molecule has 0 saturated heterocycles. The van der Waals surface area contributed by atoms with Crippen molar-refractivity contribution in [2.75, 3.05) is 6.61 Å². The number of hydrogen-bond donors (Lipinski definition) is 0. The van der Waals surface area contributed by atoms with Crippen molar-refractivity contribution in [2.24, 2.45) is 0 Å². The summed E-state index contributed by atoms with van der Waals surface area (Å²) in [6.07, 6.45) is -1.06. The Labute approximate surface area is 69.6 Å². The number of aryl methyl sites for hydroxylation is 2. The van der Waals surface area contributed by atoms with E-state index in [-0.39, 0.29) is 6.61 Å². The lowest BCUT2D eigenvalue weighted by Crippen LogP contribution is -1.96. The standard InChI is InChI=1S/C8H9FN2O/c1-4-7-6(9)3-12-8(7)11-5(2)10-4/h6H,3H2,1-2H3. The Bertz CT molecular complexity index is 327. The van der Waals surface area contributed by atoms with E-state index in [9.17, 15) is 4.39 Å². The molecule has 0 bridgehead atoms. The molecule has 1 aliphatic heterocycles. The van der Waals surface area contributed by atoms with Crippen LogP contribution < -0.4 is 4.74 Å². The van der Waals surface area contributed by atoms with Crippen LogP contribution in [0.25, 0.3) is 0 Å². The fraction of sp³-hybridized carbons (Fsp3) is 0.500. The summed E-state index contributed by atoms with van der Waals surface area (Å²) < 4.78 is 18.2. The lowest BCUT2D eigenvalue weighted by atomic mass is 10.2. The van der Waals surface area contributed by atoms with Gasteiger partial charge in [0.25, 0.3) is 0 Å². The van der Waals surface area contributed by atoms with Crippen LogP contribution in [-0.2, 0) is 0 Å². The molecule has 1 atom stereocenters. The van der Waals surface area contributed by atoms with E-state index in [2.05, 4.69) is 9.97 Å². The molecule has 0 spiro atoms. The van der Waals surface area contributed by atoms with Crippen LogP contribution in [0, 0.1) is 13.8 Å². The molecular weight excluding hydrogens is 159 g/mol. The van der Waals surface area contributed by atoms with Crippen molar-refractivity contribution in [1.29, 1.82) is 0 Å². The third-order valence-corrected chi connectivity index (χ3v) is 1.89. The Kier molecular flexibility index (Phi) is 1.49. The monoisotopic (exact) mass is 168 g/mol. The Morgan fingerprint density at radius 2 is 2.17 bits per heavy atom. The zero-order valence-corrected chi connectivity index (χ0v) is 6.97. The predicted octanol–water partition coefficient (Wildman–Crippen LogP) is 1.50. The number of ether oxygens (including phenoxy) is 1. The molecule has 0 saturated carbocycles. The molecule has 1 aliphatic rings. The molecule has 1 aromatic heterocycles. The summed E-state index contributed by atoms with van der Waals surface area (Å²) in [5.41, 5.74) is 1.20. The van der Waals surface area contributed by atoms with E-state index in [4.69, 9.17) is 4.74 Å². The molecule has 12 heavy (non-hydrogen) atoms. The van der Waals surface area contributed by atoms with Crippen LogP contribution in [0.5, 0.6) is 5.88 Å². The molecular formula is C8H9FN2O. The SMILES string of the molecule is Cc1nc(C)c2c(n1)OCC2F. The predicted molar refractivity (Wildman–Crippen MR) is 40.9 cm³/mol. The summed E-state index contributed by atoms with van der Waals surface area (Å²) in [5.74, 6) is 1.04. The van der Waals surface area contributed by atoms with Gasteiger partial charge in [0.15, 0.2) is 6.17 Å². The molecule has 1 aromatic rings. The second-order valence-corrected chi connectivity index (χ2v) is 2.85. The minimum absolute atomic E-state index is 0.0777. The van der Waals surface area contributed by atoms with Gasteiger partial charge in [0, 0.05) is 0 Å². The molecule has 0 amide bonds. The molecule has 0 N–H and O–H groups in total. The summed E-state index contributed by atoms with van der Waals surface area (Å²) in [6.45, 7) is 3.62. The van der Waals surface area contributed by atoms with Crippen LogP contribution in [0.2, 0.25) is 0 Å². The van der Waals surface area contributed by atoms with E-state index in [1.165, 1.54) is 0 Å². The van der Waals surface area contributed by atoms with E-state index in [0.717, 1.165) is 0 Å². The molecule has 2 rings (SSSR count). The highest BCUT2D eigenvalue weighted by atomic mass is 19.1. The van der Waals surface area contributed by atoms with Crippen molar-refractivity contribution in [2.45, 2.75) is 20.0 Å². The maximum absolute atomic E-state index is 13.1. The van der Waals surface area contributed by atoms with Crippen LogP contribution in [0.1, 0.15) is 23.3 Å². The van der Waals surface area contributed by atoms with Gasteiger partial charge in [-0.1, -0.05) is 0 Å². The topological polar surface area (TPSA) is 35.0 Å². The largest absolute Gasteiger partial charge is 0.474 e. The Balaban J connectivity index is 2.60. The first-order valence-corrected chi connectivity index (χ1v) is 3.80. The van der Waals surface area contributed by atoms with Crippen molar-refractivity contribution >= 4 is 0 Å². The number of aromatic nitrogens is 2. The molecule has 0 radical (unpaired) electrons. The summed E-state index contributed by atoms with van der Waals surface area (Å²) in [5, 5.41) is 0. The maximum atomic E-state index is 13.1. The lowest BCUT2D eigenvalue weighted by molar-refractivity contribution is 0.238. The van der Waals surface area contributed by atoms with Crippen molar-refractivity contribution in [1.82, 2.24) is 9.97 Å². The van der Waals surface area contributed by atoms with Gasteiger partial charge in [0.1, 0.15) is 12.4 Å². The number of nitrogens with zero attached hydrogens (tertiary/aromatic N) is 2. The van der Waals surface area contributed by atoms with Gasteiger partial charge in [0.05, 0.1) is 11.3 Å².